The van der Waals surface area contributed by atoms with E-state index in [-0.39, 0.29) is 34.4 Å². The molecule has 13 rings (SSSR count). The Morgan fingerprint density at radius 3 is 1.09 bits per heavy atom. The standard InChI is InChI=1S/C63H44N2Se2/c1-63(2)57-39-47(64(43-15-5-3-6-16-43)45-31-27-41(28-32-45)49-21-13-23-55-53-19-9-11-25-59(53)66-61(49)55)35-37-51(57)52-38-36-48(40-58(52)63)65(44-17-7-4-8-18-44)46-33-29-42(30-34-46)50-22-14-24-56-54-20-10-12-26-60(54)67-62(50)56/h3-40H,1-2H3. The molecular formula is C63H44N2Se2. The monoisotopic (exact) mass is 988 g/mol. The summed E-state index contributed by atoms with van der Waals surface area (Å²) in [6, 6.07) is 85.7. The molecule has 0 saturated heterocycles. The number of fused-ring (bicyclic) bond motifs is 9. The molecule has 0 unspecified atom stereocenters. The van der Waals surface area contributed by atoms with Gasteiger partial charge in [-0.25, -0.2) is 0 Å². The summed E-state index contributed by atoms with van der Waals surface area (Å²) in [7, 11) is 0. The first-order chi connectivity index (χ1) is 33.0. The average Bonchev–Trinajstić information content (AvgIpc) is 4.03. The number of rotatable bonds is 8. The number of para-hydroxylation sites is 2. The van der Waals surface area contributed by atoms with Crippen molar-refractivity contribution < 1.29 is 0 Å². The first-order valence-electron chi connectivity index (χ1n) is 23.0. The summed E-state index contributed by atoms with van der Waals surface area (Å²) in [5, 5.41) is 5.55. The van der Waals surface area contributed by atoms with E-state index in [9.17, 15) is 0 Å². The van der Waals surface area contributed by atoms with Gasteiger partial charge in [-0.3, -0.25) is 0 Å². The third-order valence-electron chi connectivity index (χ3n) is 13.9. The third-order valence-corrected chi connectivity index (χ3v) is 19.0. The van der Waals surface area contributed by atoms with Crippen molar-refractivity contribution >= 4 is 102 Å². The van der Waals surface area contributed by atoms with Crippen molar-refractivity contribution in [2.24, 2.45) is 0 Å². The summed E-state index contributed by atoms with van der Waals surface area (Å²) >= 11 is 0.575. The molecule has 0 aliphatic heterocycles. The topological polar surface area (TPSA) is 6.48 Å². The Hall–Kier alpha value is -7.16. The van der Waals surface area contributed by atoms with Crippen molar-refractivity contribution in [1.29, 1.82) is 0 Å². The molecule has 0 saturated carbocycles. The Bertz CT molecular complexity index is 3570. The fourth-order valence-electron chi connectivity index (χ4n) is 10.6. The van der Waals surface area contributed by atoms with E-state index in [1.165, 1.54) is 83.1 Å². The van der Waals surface area contributed by atoms with Gasteiger partial charge in [0.2, 0.25) is 0 Å². The van der Waals surface area contributed by atoms with Crippen LogP contribution in [0.3, 0.4) is 0 Å². The second-order valence-corrected chi connectivity index (χ2v) is 22.5. The molecular weight excluding hydrogens is 943 g/mol. The molecule has 67 heavy (non-hydrogen) atoms. The van der Waals surface area contributed by atoms with E-state index in [1.807, 2.05) is 0 Å². The first-order valence-corrected chi connectivity index (χ1v) is 26.4. The molecule has 0 spiro atoms. The van der Waals surface area contributed by atoms with Gasteiger partial charge < -0.3 is 0 Å². The van der Waals surface area contributed by atoms with Crippen molar-refractivity contribution in [3.63, 3.8) is 0 Å². The van der Waals surface area contributed by atoms with Crippen LogP contribution in [0.15, 0.2) is 231 Å². The van der Waals surface area contributed by atoms with E-state index in [0.717, 1.165) is 34.1 Å². The molecule has 0 bridgehead atoms. The molecule has 1 aliphatic carbocycles. The van der Waals surface area contributed by atoms with Crippen LogP contribution in [0.25, 0.3) is 72.0 Å². The summed E-state index contributed by atoms with van der Waals surface area (Å²) in [4.78, 5) is 4.82. The second kappa shape index (κ2) is 16.0. The van der Waals surface area contributed by atoms with E-state index >= 15 is 0 Å². The third kappa shape index (κ3) is 6.67. The Kier molecular flexibility index (Phi) is 9.60. The minimum atomic E-state index is -0.241. The Morgan fingerprint density at radius 1 is 0.299 bits per heavy atom. The van der Waals surface area contributed by atoms with Crippen LogP contribution in [-0.4, -0.2) is 29.0 Å². The normalized spacial score (nSPS) is 12.7. The van der Waals surface area contributed by atoms with Crippen molar-refractivity contribution in [3.05, 3.63) is 242 Å². The van der Waals surface area contributed by atoms with Gasteiger partial charge in [-0.1, -0.05) is 0 Å². The van der Waals surface area contributed by atoms with Crippen LogP contribution in [0, 0.1) is 0 Å². The van der Waals surface area contributed by atoms with Gasteiger partial charge in [-0.05, 0) is 0 Å². The number of hydrogen-bond donors (Lipinski definition) is 0. The fourth-order valence-corrected chi connectivity index (χ4v) is 15.8. The SMILES string of the molecule is CC1(C)c2cc(N(c3ccccc3)c3ccc(-c4cccc5c4[se]c4ccccc45)cc3)ccc2-c2ccc(N(c3ccccc3)c3ccc(-c4cccc5c4[se]c4ccccc45)cc3)cc21. The molecule has 4 heteroatoms. The van der Waals surface area contributed by atoms with Crippen LogP contribution in [0.1, 0.15) is 25.0 Å². The number of anilines is 6. The summed E-state index contributed by atoms with van der Waals surface area (Å²) in [5.74, 6) is 0. The van der Waals surface area contributed by atoms with Gasteiger partial charge in [-0.15, -0.1) is 0 Å². The summed E-state index contributed by atoms with van der Waals surface area (Å²) in [5.41, 5.74) is 17.1. The summed E-state index contributed by atoms with van der Waals surface area (Å²) in [6.45, 7) is 4.79. The molecule has 0 fully saturated rings. The first kappa shape index (κ1) is 40.1. The molecule has 0 N–H and O–H groups in total. The predicted octanol–water partition coefficient (Wildman–Crippen LogP) is 17.0. The van der Waals surface area contributed by atoms with Crippen molar-refractivity contribution in [2.45, 2.75) is 19.3 Å². The molecule has 318 valence electrons. The van der Waals surface area contributed by atoms with Crippen LogP contribution in [0.4, 0.5) is 34.1 Å². The molecule has 0 amide bonds. The van der Waals surface area contributed by atoms with Gasteiger partial charge in [0.05, 0.1) is 0 Å². The zero-order valence-electron chi connectivity index (χ0n) is 37.2. The van der Waals surface area contributed by atoms with Crippen LogP contribution in [-0.2, 0) is 5.41 Å². The maximum atomic E-state index is 2.44. The number of hydrogen-bond acceptors (Lipinski definition) is 2. The maximum absolute atomic E-state index is 2.44. The fraction of sp³-hybridized carbons (Fsp3) is 0.0476. The Labute approximate surface area is 403 Å². The van der Waals surface area contributed by atoms with Crippen LogP contribution < -0.4 is 9.80 Å². The predicted molar refractivity (Wildman–Crippen MR) is 288 cm³/mol. The number of nitrogens with zero attached hydrogens (tertiary/aromatic N) is 2. The molecule has 10 aromatic carbocycles. The molecule has 2 nitrogen and oxygen atoms in total. The van der Waals surface area contributed by atoms with Crippen molar-refractivity contribution in [2.75, 3.05) is 9.80 Å². The summed E-state index contributed by atoms with van der Waals surface area (Å²) in [6.07, 6.45) is 0. The van der Waals surface area contributed by atoms with Gasteiger partial charge in [0, 0.05) is 0 Å². The minimum absolute atomic E-state index is 0.241. The van der Waals surface area contributed by atoms with Crippen molar-refractivity contribution in [3.8, 4) is 33.4 Å². The van der Waals surface area contributed by atoms with E-state index in [1.54, 1.807) is 0 Å². The average molecular weight is 987 g/mol. The quantitative estimate of drug-likeness (QED) is 0.140. The molecule has 1 aliphatic rings. The molecule has 2 heterocycles. The molecule has 2 aromatic heterocycles. The van der Waals surface area contributed by atoms with E-state index in [2.05, 4.69) is 254 Å². The molecule has 0 atom stereocenters. The van der Waals surface area contributed by atoms with Crippen molar-refractivity contribution in [1.82, 2.24) is 0 Å². The van der Waals surface area contributed by atoms with Gasteiger partial charge in [0.15, 0.2) is 0 Å². The van der Waals surface area contributed by atoms with Gasteiger partial charge >= 0.3 is 406 Å². The van der Waals surface area contributed by atoms with Gasteiger partial charge in [0.1, 0.15) is 0 Å². The Balaban J connectivity index is 0.856. The zero-order valence-corrected chi connectivity index (χ0v) is 40.6. The van der Waals surface area contributed by atoms with Crippen LogP contribution in [0.5, 0.6) is 0 Å². The van der Waals surface area contributed by atoms with Gasteiger partial charge in [-0.2, -0.15) is 0 Å². The van der Waals surface area contributed by atoms with E-state index < -0.39 is 0 Å². The molecule has 12 aromatic rings. The van der Waals surface area contributed by atoms with Crippen LogP contribution >= 0.6 is 0 Å². The van der Waals surface area contributed by atoms with Gasteiger partial charge in [0.25, 0.3) is 0 Å². The number of benzene rings is 10. The van der Waals surface area contributed by atoms with E-state index in [0.29, 0.717) is 0 Å². The van der Waals surface area contributed by atoms with E-state index in [4.69, 9.17) is 0 Å². The summed E-state index contributed by atoms with van der Waals surface area (Å²) < 4.78 is 5.91. The Morgan fingerprint density at radius 2 is 0.657 bits per heavy atom. The zero-order chi connectivity index (χ0) is 44.6. The van der Waals surface area contributed by atoms with Crippen LogP contribution in [0.2, 0.25) is 0 Å². The molecule has 0 radical (unpaired) electrons. The second-order valence-electron chi connectivity index (χ2n) is 18.1.